The molecular formula is C29H28N2O4. The smallest absolute Gasteiger partial charge is 0.258 e. The molecule has 0 bridgehead atoms. The molecule has 35 heavy (non-hydrogen) atoms. The standard InChI is InChI=1S/C29H28N2O4/c1-33-27-19-22(15-16-26(27)35-18-7-11-21-9-3-2-4-10-21)28-30-25-14-6-5-13-24(25)29(32)31(28)20-23-12-8-17-34-23/h2-6,8-10,12-17,19,28,30H,7,11,18,20H2,1H3. The lowest BCUT2D eigenvalue weighted by molar-refractivity contribution is 0.0651. The number of hydrogen-bond acceptors (Lipinski definition) is 5. The molecule has 0 spiro atoms. The zero-order valence-corrected chi connectivity index (χ0v) is 19.6. The number of nitrogens with zero attached hydrogens (tertiary/aromatic N) is 1. The molecule has 0 saturated heterocycles. The molecule has 0 fully saturated rings. The lowest BCUT2D eigenvalue weighted by atomic mass is 10.0. The van der Waals surface area contributed by atoms with Gasteiger partial charge in [-0.25, -0.2) is 0 Å². The third-order valence-electron chi connectivity index (χ3n) is 6.14. The molecule has 3 aromatic carbocycles. The van der Waals surface area contributed by atoms with Gasteiger partial charge in [-0.15, -0.1) is 0 Å². The van der Waals surface area contributed by atoms with E-state index in [1.54, 1.807) is 18.3 Å². The van der Waals surface area contributed by atoms with Crippen molar-refractivity contribution in [2.75, 3.05) is 19.0 Å². The topological polar surface area (TPSA) is 63.9 Å². The number of furan rings is 1. The molecule has 1 aliphatic rings. The van der Waals surface area contributed by atoms with Crippen LogP contribution >= 0.6 is 0 Å². The molecule has 4 aromatic rings. The number of methoxy groups -OCH3 is 1. The highest BCUT2D eigenvalue weighted by Gasteiger charge is 2.33. The van der Waals surface area contributed by atoms with E-state index in [2.05, 4.69) is 29.6 Å². The van der Waals surface area contributed by atoms with Crippen LogP contribution in [-0.2, 0) is 13.0 Å². The Morgan fingerprint density at radius 1 is 0.943 bits per heavy atom. The number of fused-ring (bicyclic) bond motifs is 1. The molecule has 5 rings (SSSR count). The zero-order chi connectivity index (χ0) is 24.0. The van der Waals surface area contributed by atoms with Gasteiger partial charge in [-0.05, 0) is 60.4 Å². The molecule has 1 N–H and O–H groups in total. The summed E-state index contributed by atoms with van der Waals surface area (Å²) in [5, 5.41) is 3.51. The van der Waals surface area contributed by atoms with Crippen LogP contribution in [0.5, 0.6) is 11.5 Å². The number of ether oxygens (including phenoxy) is 2. The van der Waals surface area contributed by atoms with Crippen molar-refractivity contribution in [2.45, 2.75) is 25.6 Å². The van der Waals surface area contributed by atoms with Crippen LogP contribution in [0.15, 0.2) is 95.6 Å². The minimum Gasteiger partial charge on any atom is -0.493 e. The molecule has 0 radical (unpaired) electrons. The van der Waals surface area contributed by atoms with E-state index >= 15 is 0 Å². The van der Waals surface area contributed by atoms with E-state index in [1.807, 2.05) is 60.7 Å². The molecule has 1 amide bonds. The maximum absolute atomic E-state index is 13.4. The Morgan fingerprint density at radius 2 is 1.77 bits per heavy atom. The van der Waals surface area contributed by atoms with Crippen molar-refractivity contribution in [3.8, 4) is 11.5 Å². The van der Waals surface area contributed by atoms with Crippen LogP contribution in [-0.4, -0.2) is 24.5 Å². The Balaban J connectivity index is 1.35. The summed E-state index contributed by atoms with van der Waals surface area (Å²) in [6.45, 7) is 0.931. The maximum Gasteiger partial charge on any atom is 0.258 e. The summed E-state index contributed by atoms with van der Waals surface area (Å²) in [5.74, 6) is 1.98. The first-order valence-electron chi connectivity index (χ1n) is 11.8. The number of carbonyl (C=O) groups is 1. The summed E-state index contributed by atoms with van der Waals surface area (Å²) in [6.07, 6.45) is 3.09. The van der Waals surface area contributed by atoms with Crippen LogP contribution < -0.4 is 14.8 Å². The van der Waals surface area contributed by atoms with Gasteiger partial charge in [0, 0.05) is 5.69 Å². The van der Waals surface area contributed by atoms with Crippen molar-refractivity contribution in [3.63, 3.8) is 0 Å². The van der Waals surface area contributed by atoms with Gasteiger partial charge in [-0.3, -0.25) is 4.79 Å². The number of nitrogens with one attached hydrogen (secondary N) is 1. The fourth-order valence-corrected chi connectivity index (χ4v) is 4.37. The van der Waals surface area contributed by atoms with Gasteiger partial charge in [0.2, 0.25) is 0 Å². The minimum atomic E-state index is -0.386. The average molecular weight is 469 g/mol. The van der Waals surface area contributed by atoms with Crippen LogP contribution in [0.2, 0.25) is 0 Å². The largest absolute Gasteiger partial charge is 0.493 e. The molecule has 1 atom stereocenters. The quantitative estimate of drug-likeness (QED) is 0.302. The molecule has 1 unspecified atom stereocenters. The van der Waals surface area contributed by atoms with Crippen molar-refractivity contribution in [2.24, 2.45) is 0 Å². The third kappa shape index (κ3) is 5.01. The van der Waals surface area contributed by atoms with Crippen LogP contribution in [0.4, 0.5) is 5.69 Å². The number of benzene rings is 3. The monoisotopic (exact) mass is 468 g/mol. The number of aryl methyl sites for hydroxylation is 1. The number of para-hydroxylation sites is 1. The number of carbonyl (C=O) groups excluding carboxylic acids is 1. The van der Waals surface area contributed by atoms with Gasteiger partial charge in [-0.1, -0.05) is 48.5 Å². The van der Waals surface area contributed by atoms with Crippen molar-refractivity contribution in [3.05, 3.63) is 114 Å². The minimum absolute atomic E-state index is 0.0547. The fraction of sp³-hybridized carbons (Fsp3) is 0.207. The van der Waals surface area contributed by atoms with Crippen molar-refractivity contribution in [1.82, 2.24) is 4.90 Å². The molecule has 6 heteroatoms. The predicted molar refractivity (Wildman–Crippen MR) is 135 cm³/mol. The summed E-state index contributed by atoms with van der Waals surface area (Å²) < 4.78 is 17.2. The van der Waals surface area contributed by atoms with E-state index in [-0.39, 0.29) is 12.1 Å². The normalized spacial score (nSPS) is 14.8. The first-order chi connectivity index (χ1) is 17.2. The summed E-state index contributed by atoms with van der Waals surface area (Å²) >= 11 is 0. The Kier molecular flexibility index (Phi) is 6.70. The summed E-state index contributed by atoms with van der Waals surface area (Å²) in [6, 6.07) is 27.4. The van der Waals surface area contributed by atoms with Gasteiger partial charge in [0.25, 0.3) is 5.91 Å². The van der Waals surface area contributed by atoms with Crippen LogP contribution in [0.3, 0.4) is 0 Å². The molecule has 0 aliphatic carbocycles. The van der Waals surface area contributed by atoms with E-state index in [1.165, 1.54) is 5.56 Å². The lowest BCUT2D eigenvalue weighted by Crippen LogP contribution is -2.42. The third-order valence-corrected chi connectivity index (χ3v) is 6.14. The van der Waals surface area contributed by atoms with Crippen LogP contribution in [0, 0.1) is 0 Å². The van der Waals surface area contributed by atoms with Gasteiger partial charge in [0.15, 0.2) is 11.5 Å². The van der Waals surface area contributed by atoms with Crippen molar-refractivity contribution < 1.29 is 18.7 Å². The van der Waals surface area contributed by atoms with Gasteiger partial charge in [-0.2, -0.15) is 0 Å². The second-order valence-corrected chi connectivity index (χ2v) is 8.45. The summed E-state index contributed by atoms with van der Waals surface area (Å²) in [7, 11) is 1.63. The predicted octanol–water partition coefficient (Wildman–Crippen LogP) is 6.07. The van der Waals surface area contributed by atoms with Gasteiger partial charge in [0.05, 0.1) is 32.1 Å². The lowest BCUT2D eigenvalue weighted by Gasteiger charge is -2.37. The zero-order valence-electron chi connectivity index (χ0n) is 19.6. The average Bonchev–Trinajstić information content (AvgIpc) is 3.42. The summed E-state index contributed by atoms with van der Waals surface area (Å²) in [4.78, 5) is 15.2. The second-order valence-electron chi connectivity index (χ2n) is 8.45. The van der Waals surface area contributed by atoms with Crippen LogP contribution in [0.25, 0.3) is 0 Å². The SMILES string of the molecule is COc1cc(C2Nc3ccccc3C(=O)N2Cc2ccco2)ccc1OCCCc1ccccc1. The highest BCUT2D eigenvalue weighted by molar-refractivity contribution is 6.01. The Morgan fingerprint density at radius 3 is 2.57 bits per heavy atom. The second kappa shape index (κ2) is 10.4. The highest BCUT2D eigenvalue weighted by Crippen LogP contribution is 2.37. The molecule has 2 heterocycles. The van der Waals surface area contributed by atoms with E-state index in [4.69, 9.17) is 13.9 Å². The molecule has 0 saturated carbocycles. The Hall–Kier alpha value is -4.19. The van der Waals surface area contributed by atoms with Crippen molar-refractivity contribution in [1.29, 1.82) is 0 Å². The summed E-state index contributed by atoms with van der Waals surface area (Å²) in [5.41, 5.74) is 3.63. The number of amides is 1. The van der Waals surface area contributed by atoms with E-state index in [0.717, 1.165) is 29.9 Å². The number of rotatable bonds is 9. The number of anilines is 1. The molecular weight excluding hydrogens is 440 g/mol. The first-order valence-corrected chi connectivity index (χ1v) is 11.8. The van der Waals surface area contributed by atoms with E-state index in [0.29, 0.717) is 30.2 Å². The van der Waals surface area contributed by atoms with Crippen LogP contribution in [0.1, 0.15) is 39.8 Å². The molecule has 178 valence electrons. The maximum atomic E-state index is 13.4. The van der Waals surface area contributed by atoms with Gasteiger partial charge < -0.3 is 24.1 Å². The van der Waals surface area contributed by atoms with E-state index < -0.39 is 0 Å². The van der Waals surface area contributed by atoms with Gasteiger partial charge in [0.1, 0.15) is 11.9 Å². The Bertz CT molecular complexity index is 1270. The fourth-order valence-electron chi connectivity index (χ4n) is 4.37. The van der Waals surface area contributed by atoms with E-state index in [9.17, 15) is 4.79 Å². The highest BCUT2D eigenvalue weighted by atomic mass is 16.5. The molecule has 1 aliphatic heterocycles. The van der Waals surface area contributed by atoms with Gasteiger partial charge >= 0.3 is 0 Å². The molecule has 6 nitrogen and oxygen atoms in total. The Labute approximate surface area is 205 Å². The van der Waals surface area contributed by atoms with Crippen molar-refractivity contribution >= 4 is 11.6 Å². The molecule has 1 aromatic heterocycles. The first kappa shape index (κ1) is 22.6. The number of hydrogen-bond donors (Lipinski definition) is 1.